The van der Waals surface area contributed by atoms with Crippen LogP contribution in [0, 0.1) is 23.7 Å². The van der Waals surface area contributed by atoms with Gasteiger partial charge in [-0.25, -0.2) is 4.79 Å². The molecule has 4 heteroatoms. The van der Waals surface area contributed by atoms with Crippen molar-refractivity contribution in [2.45, 2.75) is 37.4 Å². The van der Waals surface area contributed by atoms with E-state index in [1.54, 1.807) is 0 Å². The van der Waals surface area contributed by atoms with Crippen molar-refractivity contribution in [2.75, 3.05) is 13.2 Å². The molecule has 6 unspecified atom stereocenters. The highest BCUT2D eigenvalue weighted by Gasteiger charge is 2.63. The molecule has 2 saturated heterocycles. The van der Waals surface area contributed by atoms with Crippen LogP contribution in [0.5, 0.6) is 0 Å². The van der Waals surface area contributed by atoms with Gasteiger partial charge in [0.2, 0.25) is 0 Å². The van der Waals surface area contributed by atoms with Crippen molar-refractivity contribution in [1.82, 2.24) is 0 Å². The van der Waals surface area contributed by atoms with Crippen LogP contribution in [0.25, 0.3) is 0 Å². The summed E-state index contributed by atoms with van der Waals surface area (Å²) < 4.78 is 11.4. The van der Waals surface area contributed by atoms with Gasteiger partial charge >= 0.3 is 5.97 Å². The Hall–Kier alpha value is -0.870. The average molecular weight is 264 g/mol. The number of rotatable bonds is 1. The van der Waals surface area contributed by atoms with Gasteiger partial charge < -0.3 is 14.6 Å². The van der Waals surface area contributed by atoms with Gasteiger partial charge in [0.15, 0.2) is 0 Å². The van der Waals surface area contributed by atoms with Crippen LogP contribution in [0.4, 0.5) is 0 Å². The number of ether oxygens (including phenoxy) is 2. The van der Waals surface area contributed by atoms with Crippen LogP contribution in [-0.2, 0) is 14.3 Å². The Balaban J connectivity index is 1.73. The molecule has 0 aromatic heterocycles. The highest BCUT2D eigenvalue weighted by Crippen LogP contribution is 2.59. The summed E-state index contributed by atoms with van der Waals surface area (Å²) >= 11 is 0. The van der Waals surface area contributed by atoms with Crippen molar-refractivity contribution in [3.05, 3.63) is 12.2 Å². The van der Waals surface area contributed by atoms with E-state index in [1.165, 1.54) is 0 Å². The maximum Gasteiger partial charge on any atom is 0.334 e. The third kappa shape index (κ3) is 1.50. The standard InChI is InChI=1S/C15H20O4/c1-8-10-4-5-15(7-18-15)11-3-2-9(6-16)12(11)13(10)19-14(8)17/h9-13,16H,1-7H2. The third-order valence-electron chi connectivity index (χ3n) is 5.89. The Kier molecular flexibility index (Phi) is 2.40. The van der Waals surface area contributed by atoms with E-state index in [2.05, 4.69) is 6.58 Å². The molecule has 0 aromatic rings. The molecule has 6 atom stereocenters. The van der Waals surface area contributed by atoms with Crippen LogP contribution in [0.1, 0.15) is 25.7 Å². The molecule has 1 spiro atoms. The van der Waals surface area contributed by atoms with E-state index in [0.29, 0.717) is 11.5 Å². The Labute approximate surface area is 112 Å². The fourth-order valence-corrected chi connectivity index (χ4v) is 4.78. The van der Waals surface area contributed by atoms with Gasteiger partial charge in [-0.05, 0) is 37.5 Å². The molecule has 4 aliphatic rings. The Bertz CT molecular complexity index is 439. The number of esters is 1. The quantitative estimate of drug-likeness (QED) is 0.440. The van der Waals surface area contributed by atoms with Gasteiger partial charge in [-0.1, -0.05) is 6.58 Å². The Morgan fingerprint density at radius 2 is 2.16 bits per heavy atom. The number of hydrogen-bond donors (Lipinski definition) is 1. The first-order valence-electron chi connectivity index (χ1n) is 7.31. The number of carbonyl (C=O) groups excluding carboxylic acids is 1. The predicted molar refractivity (Wildman–Crippen MR) is 67.2 cm³/mol. The van der Waals surface area contributed by atoms with E-state index >= 15 is 0 Å². The topological polar surface area (TPSA) is 59.1 Å². The summed E-state index contributed by atoms with van der Waals surface area (Å²) in [5.74, 6) is 0.845. The Morgan fingerprint density at radius 3 is 2.84 bits per heavy atom. The molecule has 19 heavy (non-hydrogen) atoms. The molecule has 0 bridgehead atoms. The van der Waals surface area contributed by atoms with Crippen LogP contribution in [0.15, 0.2) is 12.2 Å². The smallest absolute Gasteiger partial charge is 0.334 e. The molecule has 0 amide bonds. The zero-order valence-corrected chi connectivity index (χ0v) is 11.0. The van der Waals surface area contributed by atoms with E-state index < -0.39 is 0 Å². The molecule has 4 rings (SSSR count). The minimum absolute atomic E-state index is 0.0195. The van der Waals surface area contributed by atoms with E-state index in [1.807, 2.05) is 0 Å². The summed E-state index contributed by atoms with van der Waals surface area (Å²) in [5.41, 5.74) is 0.649. The van der Waals surface area contributed by atoms with Crippen molar-refractivity contribution in [3.8, 4) is 0 Å². The van der Waals surface area contributed by atoms with Gasteiger partial charge in [-0.3, -0.25) is 0 Å². The SMILES string of the molecule is C=C1C(=O)OC2C1CCC1(CO1)C1CCC(CO)C21. The van der Waals surface area contributed by atoms with Crippen LogP contribution in [-0.4, -0.2) is 36.0 Å². The summed E-state index contributed by atoms with van der Waals surface area (Å²) in [6.45, 7) is 4.94. The fraction of sp³-hybridized carbons (Fsp3) is 0.800. The van der Waals surface area contributed by atoms with Gasteiger partial charge in [-0.15, -0.1) is 0 Å². The first-order valence-corrected chi connectivity index (χ1v) is 7.31. The number of fused-ring (bicyclic) bond motifs is 4. The third-order valence-corrected chi connectivity index (χ3v) is 5.89. The number of aliphatic hydroxyl groups is 1. The molecule has 0 radical (unpaired) electrons. The minimum atomic E-state index is -0.231. The normalized spacial score (nSPS) is 51.7. The maximum absolute atomic E-state index is 11.8. The minimum Gasteiger partial charge on any atom is -0.458 e. The van der Waals surface area contributed by atoms with Crippen LogP contribution in [0.2, 0.25) is 0 Å². The van der Waals surface area contributed by atoms with Crippen molar-refractivity contribution in [2.24, 2.45) is 23.7 Å². The summed E-state index contributed by atoms with van der Waals surface area (Å²) in [4.78, 5) is 11.8. The molecule has 2 aliphatic heterocycles. The van der Waals surface area contributed by atoms with Crippen molar-refractivity contribution in [1.29, 1.82) is 0 Å². The molecule has 2 aliphatic carbocycles. The number of hydrogen-bond acceptors (Lipinski definition) is 4. The first kappa shape index (κ1) is 11.9. The first-order chi connectivity index (χ1) is 9.16. The van der Waals surface area contributed by atoms with E-state index in [9.17, 15) is 9.90 Å². The lowest BCUT2D eigenvalue weighted by Crippen LogP contribution is -2.37. The monoisotopic (exact) mass is 264 g/mol. The van der Waals surface area contributed by atoms with Crippen LogP contribution < -0.4 is 0 Å². The molecular formula is C15H20O4. The second-order valence-corrected chi connectivity index (χ2v) is 6.60. The highest BCUT2D eigenvalue weighted by atomic mass is 16.6. The average Bonchev–Trinajstić information content (AvgIpc) is 3.01. The molecule has 4 fully saturated rings. The predicted octanol–water partition coefficient (Wildman–Crippen LogP) is 1.28. The van der Waals surface area contributed by atoms with Crippen LogP contribution >= 0.6 is 0 Å². The summed E-state index contributed by atoms with van der Waals surface area (Å²) in [6, 6.07) is 0. The summed E-state index contributed by atoms with van der Waals surface area (Å²) in [6.07, 6.45) is 3.96. The van der Waals surface area contributed by atoms with E-state index in [-0.39, 0.29) is 42.0 Å². The maximum atomic E-state index is 11.8. The van der Waals surface area contributed by atoms with Gasteiger partial charge in [0.25, 0.3) is 0 Å². The molecule has 2 saturated carbocycles. The zero-order chi connectivity index (χ0) is 13.2. The number of carbonyl (C=O) groups is 1. The lowest BCUT2D eigenvalue weighted by molar-refractivity contribution is -0.143. The second-order valence-electron chi connectivity index (χ2n) is 6.60. The molecule has 2 heterocycles. The molecule has 1 N–H and O–H groups in total. The van der Waals surface area contributed by atoms with Gasteiger partial charge in [-0.2, -0.15) is 0 Å². The zero-order valence-electron chi connectivity index (χ0n) is 11.0. The number of aliphatic hydroxyl groups excluding tert-OH is 1. The lowest BCUT2D eigenvalue weighted by atomic mass is 9.77. The molecule has 104 valence electrons. The van der Waals surface area contributed by atoms with Crippen molar-refractivity contribution in [3.63, 3.8) is 0 Å². The van der Waals surface area contributed by atoms with Crippen molar-refractivity contribution < 1.29 is 19.4 Å². The highest BCUT2D eigenvalue weighted by molar-refractivity contribution is 5.90. The second kappa shape index (κ2) is 3.83. The molecule has 0 aromatic carbocycles. The van der Waals surface area contributed by atoms with Gasteiger partial charge in [0.05, 0.1) is 12.2 Å². The summed E-state index contributed by atoms with van der Waals surface area (Å²) in [5, 5.41) is 9.64. The summed E-state index contributed by atoms with van der Waals surface area (Å²) in [7, 11) is 0. The largest absolute Gasteiger partial charge is 0.458 e. The molecule has 4 nitrogen and oxygen atoms in total. The molecular weight excluding hydrogens is 244 g/mol. The number of epoxide rings is 1. The van der Waals surface area contributed by atoms with E-state index in [0.717, 1.165) is 32.3 Å². The van der Waals surface area contributed by atoms with Crippen molar-refractivity contribution >= 4 is 5.97 Å². The lowest BCUT2D eigenvalue weighted by Gasteiger charge is -2.30. The van der Waals surface area contributed by atoms with Gasteiger partial charge in [0, 0.05) is 24.0 Å². The Morgan fingerprint density at radius 1 is 1.37 bits per heavy atom. The van der Waals surface area contributed by atoms with Gasteiger partial charge in [0.1, 0.15) is 6.10 Å². The van der Waals surface area contributed by atoms with Crippen LogP contribution in [0.3, 0.4) is 0 Å². The van der Waals surface area contributed by atoms with E-state index in [4.69, 9.17) is 9.47 Å². The fourth-order valence-electron chi connectivity index (χ4n) is 4.78.